The van der Waals surface area contributed by atoms with Crippen molar-refractivity contribution in [1.82, 2.24) is 5.32 Å². The predicted octanol–water partition coefficient (Wildman–Crippen LogP) is 1.58. The molecule has 1 aromatic rings. The molecule has 0 spiro atoms. The average Bonchev–Trinajstić information content (AvgIpc) is 2.28. The van der Waals surface area contributed by atoms with E-state index in [1.807, 2.05) is 12.1 Å². The van der Waals surface area contributed by atoms with Gasteiger partial charge in [0.2, 0.25) is 5.91 Å². The van der Waals surface area contributed by atoms with Crippen molar-refractivity contribution in [3.05, 3.63) is 34.3 Å². The number of carboxylic acids is 1. The standard InChI is InChI=1S/C13H12BrNO3/c1-2-4-11(13(17)18)15-12(16)8-9-5-3-6-10(14)7-9/h1,3,5-7,11H,4,8H2,(H,15,16)(H,17,18). The largest absolute Gasteiger partial charge is 0.480 e. The molecule has 18 heavy (non-hydrogen) atoms. The number of carboxylic acid groups (broad SMARTS) is 1. The van der Waals surface area contributed by atoms with Crippen LogP contribution in [0.4, 0.5) is 0 Å². The summed E-state index contributed by atoms with van der Waals surface area (Å²) in [6, 6.07) is 6.22. The summed E-state index contributed by atoms with van der Waals surface area (Å²) in [6.07, 6.45) is 5.14. The minimum absolute atomic E-state index is 0.0282. The van der Waals surface area contributed by atoms with E-state index in [0.717, 1.165) is 10.0 Å². The molecule has 1 aromatic carbocycles. The van der Waals surface area contributed by atoms with Gasteiger partial charge in [0.05, 0.1) is 6.42 Å². The summed E-state index contributed by atoms with van der Waals surface area (Å²) in [6.45, 7) is 0. The Bertz CT molecular complexity index is 493. The van der Waals surface area contributed by atoms with E-state index in [1.165, 1.54) is 0 Å². The van der Waals surface area contributed by atoms with Crippen LogP contribution in [0, 0.1) is 12.3 Å². The van der Waals surface area contributed by atoms with Crippen LogP contribution in [0.15, 0.2) is 28.7 Å². The lowest BCUT2D eigenvalue weighted by Crippen LogP contribution is -2.41. The molecule has 5 heteroatoms. The second kappa shape index (κ2) is 6.82. The molecular formula is C13H12BrNO3. The van der Waals surface area contributed by atoms with Crippen LogP contribution in [0.2, 0.25) is 0 Å². The SMILES string of the molecule is C#CCC(NC(=O)Cc1cccc(Br)c1)C(=O)O. The number of nitrogens with one attached hydrogen (secondary N) is 1. The number of benzene rings is 1. The number of carbonyl (C=O) groups excluding carboxylic acids is 1. The fraction of sp³-hybridized carbons (Fsp3) is 0.231. The van der Waals surface area contributed by atoms with Crippen LogP contribution in [0.1, 0.15) is 12.0 Å². The van der Waals surface area contributed by atoms with E-state index in [0.29, 0.717) is 0 Å². The molecule has 94 valence electrons. The topological polar surface area (TPSA) is 66.4 Å². The van der Waals surface area contributed by atoms with Gasteiger partial charge in [-0.05, 0) is 17.7 Å². The molecule has 0 aliphatic carbocycles. The molecule has 0 aromatic heterocycles. The highest BCUT2D eigenvalue weighted by atomic mass is 79.9. The Morgan fingerprint density at radius 1 is 1.50 bits per heavy atom. The molecule has 0 saturated heterocycles. The lowest BCUT2D eigenvalue weighted by molar-refractivity contribution is -0.141. The fourth-order valence-corrected chi connectivity index (χ4v) is 1.84. The number of amides is 1. The maximum Gasteiger partial charge on any atom is 0.327 e. The van der Waals surface area contributed by atoms with E-state index in [1.54, 1.807) is 12.1 Å². The van der Waals surface area contributed by atoms with Crippen LogP contribution in [-0.2, 0) is 16.0 Å². The molecule has 2 N–H and O–H groups in total. The first kappa shape index (κ1) is 14.3. The van der Waals surface area contributed by atoms with Crippen LogP contribution in [-0.4, -0.2) is 23.0 Å². The zero-order valence-corrected chi connectivity index (χ0v) is 11.1. The molecular weight excluding hydrogens is 298 g/mol. The maximum atomic E-state index is 11.7. The molecule has 0 saturated carbocycles. The quantitative estimate of drug-likeness (QED) is 0.812. The van der Waals surface area contributed by atoms with Gasteiger partial charge in [0.15, 0.2) is 0 Å². The predicted molar refractivity (Wildman–Crippen MR) is 70.9 cm³/mol. The lowest BCUT2D eigenvalue weighted by atomic mass is 10.1. The first-order valence-electron chi connectivity index (χ1n) is 5.23. The lowest BCUT2D eigenvalue weighted by Gasteiger charge is -2.11. The van der Waals surface area contributed by atoms with Gasteiger partial charge in [-0.1, -0.05) is 28.1 Å². The molecule has 0 bridgehead atoms. The van der Waals surface area contributed by atoms with Crippen molar-refractivity contribution >= 4 is 27.8 Å². The molecule has 0 aliphatic rings. The van der Waals surface area contributed by atoms with E-state index in [2.05, 4.69) is 27.2 Å². The first-order chi connectivity index (χ1) is 8.52. The number of aliphatic carboxylic acids is 1. The number of hydrogen-bond donors (Lipinski definition) is 2. The zero-order chi connectivity index (χ0) is 13.5. The molecule has 1 rings (SSSR count). The molecule has 1 atom stereocenters. The smallest absolute Gasteiger partial charge is 0.327 e. The van der Waals surface area contributed by atoms with Gasteiger partial charge < -0.3 is 10.4 Å². The van der Waals surface area contributed by atoms with Gasteiger partial charge in [-0.3, -0.25) is 4.79 Å². The van der Waals surface area contributed by atoms with Crippen LogP contribution in [0.5, 0.6) is 0 Å². The first-order valence-corrected chi connectivity index (χ1v) is 6.02. The molecule has 0 aliphatic heterocycles. The summed E-state index contributed by atoms with van der Waals surface area (Å²) >= 11 is 3.30. The Morgan fingerprint density at radius 3 is 2.78 bits per heavy atom. The second-order valence-corrected chi connectivity index (χ2v) is 4.59. The van der Waals surface area contributed by atoms with E-state index < -0.39 is 12.0 Å². The van der Waals surface area contributed by atoms with Gasteiger partial charge in [-0.2, -0.15) is 0 Å². The van der Waals surface area contributed by atoms with Crippen molar-refractivity contribution in [3.8, 4) is 12.3 Å². The minimum atomic E-state index is -1.13. The summed E-state index contributed by atoms with van der Waals surface area (Å²) in [5, 5.41) is 11.2. The Morgan fingerprint density at radius 2 is 2.22 bits per heavy atom. The number of rotatable bonds is 5. The number of hydrogen-bond acceptors (Lipinski definition) is 2. The number of halogens is 1. The van der Waals surface area contributed by atoms with Gasteiger partial charge in [0, 0.05) is 10.9 Å². The summed E-state index contributed by atoms with van der Waals surface area (Å²) in [5.74, 6) is 0.730. The maximum absolute atomic E-state index is 11.7. The van der Waals surface area contributed by atoms with Crippen molar-refractivity contribution in [2.75, 3.05) is 0 Å². The Balaban J connectivity index is 2.61. The van der Waals surface area contributed by atoms with E-state index in [4.69, 9.17) is 11.5 Å². The third-order valence-corrected chi connectivity index (χ3v) is 2.70. The normalized spacial score (nSPS) is 11.3. The van der Waals surface area contributed by atoms with Crippen LogP contribution in [0.3, 0.4) is 0 Å². The number of terminal acetylenes is 1. The highest BCUT2D eigenvalue weighted by Gasteiger charge is 2.18. The molecule has 1 amide bonds. The van der Waals surface area contributed by atoms with Crippen molar-refractivity contribution in [3.63, 3.8) is 0 Å². The minimum Gasteiger partial charge on any atom is -0.480 e. The van der Waals surface area contributed by atoms with E-state index in [-0.39, 0.29) is 18.7 Å². The van der Waals surface area contributed by atoms with E-state index >= 15 is 0 Å². The number of carbonyl (C=O) groups is 2. The fourth-order valence-electron chi connectivity index (χ4n) is 1.40. The summed E-state index contributed by atoms with van der Waals surface area (Å²) in [5.41, 5.74) is 0.798. The Hall–Kier alpha value is -1.80. The van der Waals surface area contributed by atoms with Gasteiger partial charge in [0.25, 0.3) is 0 Å². The van der Waals surface area contributed by atoms with Crippen molar-refractivity contribution < 1.29 is 14.7 Å². The third-order valence-electron chi connectivity index (χ3n) is 2.21. The average molecular weight is 310 g/mol. The Kier molecular flexibility index (Phi) is 5.40. The molecule has 0 fully saturated rings. The second-order valence-electron chi connectivity index (χ2n) is 3.67. The van der Waals surface area contributed by atoms with Crippen LogP contribution in [0.25, 0.3) is 0 Å². The summed E-state index contributed by atoms with van der Waals surface area (Å²) in [7, 11) is 0. The van der Waals surface area contributed by atoms with Crippen molar-refractivity contribution in [2.24, 2.45) is 0 Å². The summed E-state index contributed by atoms with van der Waals surface area (Å²) < 4.78 is 0.867. The molecule has 0 radical (unpaired) electrons. The monoisotopic (exact) mass is 309 g/mol. The van der Waals surface area contributed by atoms with Gasteiger partial charge in [-0.15, -0.1) is 12.3 Å². The highest BCUT2D eigenvalue weighted by Crippen LogP contribution is 2.12. The Labute approximate surface area is 114 Å². The third kappa shape index (κ3) is 4.60. The zero-order valence-electron chi connectivity index (χ0n) is 9.52. The molecule has 4 nitrogen and oxygen atoms in total. The highest BCUT2D eigenvalue weighted by molar-refractivity contribution is 9.10. The van der Waals surface area contributed by atoms with Crippen LogP contribution >= 0.6 is 15.9 Å². The van der Waals surface area contributed by atoms with Gasteiger partial charge in [0.1, 0.15) is 6.04 Å². The van der Waals surface area contributed by atoms with Crippen LogP contribution < -0.4 is 5.32 Å². The van der Waals surface area contributed by atoms with Crippen molar-refractivity contribution in [2.45, 2.75) is 18.9 Å². The molecule has 1 unspecified atom stereocenters. The summed E-state index contributed by atoms with van der Waals surface area (Å²) in [4.78, 5) is 22.5. The van der Waals surface area contributed by atoms with Gasteiger partial charge in [-0.25, -0.2) is 4.79 Å². The molecule has 0 heterocycles. The van der Waals surface area contributed by atoms with Gasteiger partial charge >= 0.3 is 5.97 Å². The van der Waals surface area contributed by atoms with Crippen molar-refractivity contribution in [1.29, 1.82) is 0 Å². The van der Waals surface area contributed by atoms with E-state index in [9.17, 15) is 9.59 Å².